The van der Waals surface area contributed by atoms with Crippen molar-refractivity contribution in [1.29, 1.82) is 0 Å². The Balaban J connectivity index is 1.92. The zero-order chi connectivity index (χ0) is 18.9. The first-order valence-corrected chi connectivity index (χ1v) is 9.22. The van der Waals surface area contributed by atoms with E-state index in [1.165, 1.54) is 0 Å². The highest BCUT2D eigenvalue weighted by atomic mass is 16.5. The van der Waals surface area contributed by atoms with Gasteiger partial charge in [-0.15, -0.1) is 0 Å². The summed E-state index contributed by atoms with van der Waals surface area (Å²) in [6.45, 7) is 6.34. The van der Waals surface area contributed by atoms with Crippen LogP contribution in [0.5, 0.6) is 5.75 Å². The number of amides is 1. The standard InChI is InChI=1S/C19H30N4O3/c1-4-18(25)23-11-10-15(13-23)22-19(20-5-2)21-12-17(24)14-6-8-16(26-3)9-7-14/h6-9,15,17,24H,4-5,10-13H2,1-3H3,(H2,20,21,22). The number of methoxy groups -OCH3 is 1. The van der Waals surface area contributed by atoms with Crippen LogP contribution in [0.4, 0.5) is 0 Å². The maximum absolute atomic E-state index is 11.8. The van der Waals surface area contributed by atoms with Gasteiger partial charge in [-0.2, -0.15) is 0 Å². The van der Waals surface area contributed by atoms with Crippen molar-refractivity contribution in [2.45, 2.75) is 38.8 Å². The van der Waals surface area contributed by atoms with Crippen molar-refractivity contribution in [3.05, 3.63) is 29.8 Å². The third-order valence-electron chi connectivity index (χ3n) is 4.45. The number of aliphatic hydroxyl groups is 1. The van der Waals surface area contributed by atoms with Gasteiger partial charge >= 0.3 is 0 Å². The molecule has 26 heavy (non-hydrogen) atoms. The number of nitrogens with one attached hydrogen (secondary N) is 2. The molecule has 2 rings (SSSR count). The van der Waals surface area contributed by atoms with Gasteiger partial charge in [-0.3, -0.25) is 9.79 Å². The van der Waals surface area contributed by atoms with E-state index in [4.69, 9.17) is 4.74 Å². The number of carbonyl (C=O) groups is 1. The number of guanidine groups is 1. The molecular formula is C19H30N4O3. The van der Waals surface area contributed by atoms with E-state index in [1.54, 1.807) is 7.11 Å². The Labute approximate surface area is 155 Å². The first kappa shape index (κ1) is 20.0. The molecule has 144 valence electrons. The van der Waals surface area contributed by atoms with Crippen molar-refractivity contribution in [2.75, 3.05) is 33.3 Å². The number of nitrogens with zero attached hydrogens (tertiary/aromatic N) is 2. The van der Waals surface area contributed by atoms with Crippen LogP contribution >= 0.6 is 0 Å². The predicted molar refractivity (Wildman–Crippen MR) is 102 cm³/mol. The van der Waals surface area contributed by atoms with Gasteiger partial charge in [-0.05, 0) is 31.0 Å². The van der Waals surface area contributed by atoms with Gasteiger partial charge in [0.05, 0.1) is 19.8 Å². The number of hydrogen-bond acceptors (Lipinski definition) is 4. The minimum absolute atomic E-state index is 0.182. The van der Waals surface area contributed by atoms with Gasteiger partial charge < -0.3 is 25.4 Å². The number of rotatable bonds is 7. The van der Waals surface area contributed by atoms with Gasteiger partial charge in [0.15, 0.2) is 5.96 Å². The van der Waals surface area contributed by atoms with Gasteiger partial charge in [0, 0.05) is 32.1 Å². The Hall–Kier alpha value is -2.28. The molecule has 1 amide bonds. The molecule has 1 aromatic carbocycles. The molecule has 0 bridgehead atoms. The van der Waals surface area contributed by atoms with E-state index in [0.717, 1.165) is 30.8 Å². The summed E-state index contributed by atoms with van der Waals surface area (Å²) in [7, 11) is 1.61. The average Bonchev–Trinajstić information content (AvgIpc) is 3.14. The number of hydrogen-bond donors (Lipinski definition) is 3. The second kappa shape index (κ2) is 10.0. The van der Waals surface area contributed by atoms with Gasteiger partial charge in [0.2, 0.25) is 5.91 Å². The number of likely N-dealkylation sites (tertiary alicyclic amines) is 1. The molecule has 2 atom stereocenters. The molecule has 1 aromatic rings. The topological polar surface area (TPSA) is 86.2 Å². The summed E-state index contributed by atoms with van der Waals surface area (Å²) in [5.74, 6) is 1.61. The van der Waals surface area contributed by atoms with Crippen LogP contribution in [0, 0.1) is 0 Å². The molecule has 3 N–H and O–H groups in total. The van der Waals surface area contributed by atoms with Gasteiger partial charge in [-0.25, -0.2) is 0 Å². The van der Waals surface area contributed by atoms with Crippen molar-refractivity contribution in [3.8, 4) is 5.75 Å². The van der Waals surface area contributed by atoms with Crippen LogP contribution in [0.1, 0.15) is 38.4 Å². The van der Waals surface area contributed by atoms with Gasteiger partial charge in [-0.1, -0.05) is 19.1 Å². The van der Waals surface area contributed by atoms with Crippen molar-refractivity contribution < 1.29 is 14.6 Å². The van der Waals surface area contributed by atoms with Crippen LogP contribution in [-0.2, 0) is 4.79 Å². The van der Waals surface area contributed by atoms with Crippen LogP contribution in [0.15, 0.2) is 29.3 Å². The number of ether oxygens (including phenoxy) is 1. The maximum Gasteiger partial charge on any atom is 0.222 e. The summed E-state index contributed by atoms with van der Waals surface area (Å²) in [6.07, 6.45) is 0.754. The fraction of sp³-hybridized carbons (Fsp3) is 0.579. The third kappa shape index (κ3) is 5.62. The fourth-order valence-corrected chi connectivity index (χ4v) is 2.95. The minimum atomic E-state index is -0.682. The predicted octanol–water partition coefficient (Wildman–Crippen LogP) is 1.29. The van der Waals surface area contributed by atoms with Crippen LogP contribution < -0.4 is 15.4 Å². The lowest BCUT2D eigenvalue weighted by molar-refractivity contribution is -0.129. The summed E-state index contributed by atoms with van der Waals surface area (Å²) in [4.78, 5) is 18.2. The van der Waals surface area contributed by atoms with E-state index in [9.17, 15) is 9.90 Å². The van der Waals surface area contributed by atoms with Crippen molar-refractivity contribution >= 4 is 11.9 Å². The normalized spacial score (nSPS) is 18.5. The molecule has 1 fully saturated rings. The molecule has 1 aliphatic heterocycles. The van der Waals surface area contributed by atoms with Crippen LogP contribution in [0.3, 0.4) is 0 Å². The van der Waals surface area contributed by atoms with Crippen LogP contribution in [-0.4, -0.2) is 61.2 Å². The number of carbonyl (C=O) groups excluding carboxylic acids is 1. The zero-order valence-electron chi connectivity index (χ0n) is 15.9. The Morgan fingerprint density at radius 1 is 1.38 bits per heavy atom. The fourth-order valence-electron chi connectivity index (χ4n) is 2.95. The molecule has 0 saturated carbocycles. The van der Waals surface area contributed by atoms with Gasteiger partial charge in [0.1, 0.15) is 5.75 Å². The quantitative estimate of drug-likeness (QED) is 0.503. The third-order valence-corrected chi connectivity index (χ3v) is 4.45. The highest BCUT2D eigenvalue weighted by Gasteiger charge is 2.25. The minimum Gasteiger partial charge on any atom is -0.497 e. The molecule has 0 aliphatic carbocycles. The van der Waals surface area contributed by atoms with Crippen molar-refractivity contribution in [2.24, 2.45) is 4.99 Å². The first-order chi connectivity index (χ1) is 12.6. The molecule has 1 aliphatic rings. The van der Waals surface area contributed by atoms with Crippen molar-refractivity contribution in [1.82, 2.24) is 15.5 Å². The smallest absolute Gasteiger partial charge is 0.222 e. The molecule has 1 saturated heterocycles. The molecule has 7 nitrogen and oxygen atoms in total. The lowest BCUT2D eigenvalue weighted by Gasteiger charge is -2.19. The van der Waals surface area contributed by atoms with E-state index < -0.39 is 6.10 Å². The molecular weight excluding hydrogens is 332 g/mol. The van der Waals surface area contributed by atoms with E-state index in [0.29, 0.717) is 18.9 Å². The summed E-state index contributed by atoms with van der Waals surface area (Å²) < 4.78 is 5.13. The molecule has 0 radical (unpaired) electrons. The molecule has 1 heterocycles. The van der Waals surface area contributed by atoms with Crippen LogP contribution in [0.2, 0.25) is 0 Å². The Morgan fingerprint density at radius 3 is 2.73 bits per heavy atom. The van der Waals surface area contributed by atoms with Crippen LogP contribution in [0.25, 0.3) is 0 Å². The highest BCUT2D eigenvalue weighted by Crippen LogP contribution is 2.18. The number of benzene rings is 1. The second-order valence-corrected chi connectivity index (χ2v) is 6.33. The number of aliphatic hydroxyl groups excluding tert-OH is 1. The monoisotopic (exact) mass is 362 g/mol. The van der Waals surface area contributed by atoms with Gasteiger partial charge in [0.25, 0.3) is 0 Å². The highest BCUT2D eigenvalue weighted by molar-refractivity contribution is 5.80. The van der Waals surface area contributed by atoms with Crippen molar-refractivity contribution in [3.63, 3.8) is 0 Å². The lowest BCUT2D eigenvalue weighted by Crippen LogP contribution is -2.45. The molecule has 0 aromatic heterocycles. The largest absolute Gasteiger partial charge is 0.497 e. The van der Waals surface area contributed by atoms with E-state index in [-0.39, 0.29) is 18.5 Å². The zero-order valence-corrected chi connectivity index (χ0v) is 15.9. The number of aliphatic imine (C=N–C) groups is 1. The summed E-state index contributed by atoms with van der Waals surface area (Å²) in [5, 5.41) is 16.9. The van der Waals surface area contributed by atoms with E-state index >= 15 is 0 Å². The Morgan fingerprint density at radius 2 is 2.12 bits per heavy atom. The molecule has 0 spiro atoms. The second-order valence-electron chi connectivity index (χ2n) is 6.33. The SMILES string of the molecule is CCNC(=NCC(O)c1ccc(OC)cc1)NC1CCN(C(=O)CC)C1. The first-order valence-electron chi connectivity index (χ1n) is 9.22. The Kier molecular flexibility index (Phi) is 7.72. The molecule has 2 unspecified atom stereocenters. The maximum atomic E-state index is 11.8. The Bertz CT molecular complexity index is 603. The van der Waals surface area contributed by atoms with E-state index in [2.05, 4.69) is 15.6 Å². The molecule has 7 heteroatoms. The summed E-state index contributed by atoms with van der Waals surface area (Å²) >= 11 is 0. The van der Waals surface area contributed by atoms with E-state index in [1.807, 2.05) is 43.0 Å². The summed E-state index contributed by atoms with van der Waals surface area (Å²) in [6, 6.07) is 7.50. The summed E-state index contributed by atoms with van der Waals surface area (Å²) in [5.41, 5.74) is 0.797. The lowest BCUT2D eigenvalue weighted by atomic mass is 10.1. The average molecular weight is 362 g/mol.